The van der Waals surface area contributed by atoms with Crippen LogP contribution in [0.1, 0.15) is 38.7 Å². The molecule has 0 unspecified atom stereocenters. The molecule has 0 fully saturated rings. The molecule has 0 spiro atoms. The van der Waals surface area contributed by atoms with Gasteiger partial charge in [-0.2, -0.15) is 0 Å². The lowest BCUT2D eigenvalue weighted by atomic mass is 10.3. The van der Waals surface area contributed by atoms with Gasteiger partial charge >= 0.3 is 11.9 Å². The second-order valence-corrected chi connectivity index (χ2v) is 7.39. The standard InChI is InChI=1S/C10H12N2O3S.C7H7NO3S/c1-12(2)6-11-8-4-7(5-13)16-9(8)10(14)15-3;1-11-7(10)6-5(8)2-4(3-9)12-6/h4-6H,1-3H3;2-3H,8H2,1H3. The van der Waals surface area contributed by atoms with E-state index < -0.39 is 11.9 Å². The Balaban J connectivity index is 0.000000292. The Kier molecular flexibility index (Phi) is 8.99. The van der Waals surface area contributed by atoms with E-state index in [2.05, 4.69) is 14.5 Å². The Hall–Kier alpha value is -3.05. The maximum absolute atomic E-state index is 11.4. The first-order chi connectivity index (χ1) is 13.3. The minimum atomic E-state index is -0.509. The van der Waals surface area contributed by atoms with Crippen LogP contribution < -0.4 is 5.73 Å². The van der Waals surface area contributed by atoms with Crippen molar-refractivity contribution in [1.82, 2.24) is 4.90 Å². The zero-order valence-corrected chi connectivity index (χ0v) is 17.3. The van der Waals surface area contributed by atoms with Crippen LogP contribution in [0.25, 0.3) is 0 Å². The third kappa shape index (κ3) is 6.28. The molecule has 2 aromatic heterocycles. The maximum atomic E-state index is 11.4. The third-order valence-corrected chi connectivity index (χ3v) is 5.00. The number of aldehydes is 2. The van der Waals surface area contributed by atoms with Crippen molar-refractivity contribution in [2.75, 3.05) is 34.0 Å². The summed E-state index contributed by atoms with van der Waals surface area (Å²) in [5.74, 6) is -0.991. The minimum Gasteiger partial charge on any atom is -0.465 e. The summed E-state index contributed by atoms with van der Waals surface area (Å²) in [6, 6.07) is 3.01. The van der Waals surface area contributed by atoms with E-state index in [0.717, 1.165) is 22.7 Å². The van der Waals surface area contributed by atoms with Gasteiger partial charge in [0.15, 0.2) is 12.6 Å². The molecule has 0 aliphatic heterocycles. The molecule has 0 saturated heterocycles. The van der Waals surface area contributed by atoms with Crippen molar-refractivity contribution in [3.8, 4) is 0 Å². The van der Waals surface area contributed by atoms with Crippen molar-refractivity contribution in [2.24, 2.45) is 4.99 Å². The van der Waals surface area contributed by atoms with Gasteiger partial charge in [0, 0.05) is 14.1 Å². The molecule has 9 nitrogen and oxygen atoms in total. The summed E-state index contributed by atoms with van der Waals surface area (Å²) in [4.78, 5) is 50.6. The smallest absolute Gasteiger partial charge is 0.350 e. The van der Waals surface area contributed by atoms with Gasteiger partial charge in [0.25, 0.3) is 0 Å². The fourth-order valence-corrected chi connectivity index (χ4v) is 3.36. The quantitative estimate of drug-likeness (QED) is 0.323. The minimum absolute atomic E-state index is 0.277. The SMILES string of the molecule is COC(=O)c1sc(C=O)cc1N.COC(=O)c1sc(C=O)cc1N=CN(C)C. The number of hydrogen-bond donors (Lipinski definition) is 1. The van der Waals surface area contributed by atoms with Gasteiger partial charge in [-0.15, -0.1) is 22.7 Å². The fourth-order valence-electron chi connectivity index (χ4n) is 1.71. The average molecular weight is 425 g/mol. The number of nitrogens with two attached hydrogens (primary N) is 1. The molecule has 2 aromatic rings. The summed E-state index contributed by atoms with van der Waals surface area (Å²) >= 11 is 2.09. The summed E-state index contributed by atoms with van der Waals surface area (Å²) in [6.07, 6.45) is 2.89. The van der Waals surface area contributed by atoms with E-state index in [1.165, 1.54) is 20.3 Å². The van der Waals surface area contributed by atoms with Gasteiger partial charge in [-0.05, 0) is 12.1 Å². The van der Waals surface area contributed by atoms with E-state index in [-0.39, 0.29) is 10.6 Å². The average Bonchev–Trinajstić information content (AvgIpc) is 3.28. The number of carbonyl (C=O) groups is 4. The highest BCUT2D eigenvalue weighted by Crippen LogP contribution is 2.29. The molecular formula is C17H19N3O6S2. The molecular weight excluding hydrogens is 406 g/mol. The summed E-state index contributed by atoms with van der Waals surface area (Å²) in [6.45, 7) is 0. The normalized spacial score (nSPS) is 10.0. The van der Waals surface area contributed by atoms with Crippen molar-refractivity contribution in [2.45, 2.75) is 0 Å². The number of carbonyl (C=O) groups excluding carboxylic acids is 4. The van der Waals surface area contributed by atoms with E-state index in [4.69, 9.17) is 5.73 Å². The van der Waals surface area contributed by atoms with Gasteiger partial charge in [-0.3, -0.25) is 9.59 Å². The van der Waals surface area contributed by atoms with Crippen LogP contribution in [0.3, 0.4) is 0 Å². The van der Waals surface area contributed by atoms with Crippen molar-refractivity contribution in [3.05, 3.63) is 31.6 Å². The van der Waals surface area contributed by atoms with Gasteiger partial charge in [0.2, 0.25) is 0 Å². The number of thiophene rings is 2. The summed E-state index contributed by atoms with van der Waals surface area (Å²) in [5, 5.41) is 0. The lowest BCUT2D eigenvalue weighted by Crippen LogP contribution is -2.07. The van der Waals surface area contributed by atoms with Gasteiger partial charge < -0.3 is 20.1 Å². The second-order valence-electron chi connectivity index (χ2n) is 5.22. The number of rotatable bonds is 6. The molecule has 0 radical (unpaired) electrons. The fraction of sp³-hybridized carbons (Fsp3) is 0.235. The number of hydrogen-bond acceptors (Lipinski definition) is 10. The van der Waals surface area contributed by atoms with Gasteiger partial charge in [0.05, 0.1) is 41.7 Å². The van der Waals surface area contributed by atoms with Crippen LogP contribution in [0.15, 0.2) is 17.1 Å². The highest BCUT2D eigenvalue weighted by Gasteiger charge is 2.16. The Morgan fingerprint density at radius 1 is 1.00 bits per heavy atom. The van der Waals surface area contributed by atoms with Crippen LogP contribution in [-0.4, -0.2) is 64.1 Å². The third-order valence-electron chi connectivity index (χ3n) is 2.91. The van der Waals surface area contributed by atoms with Gasteiger partial charge in [-0.1, -0.05) is 0 Å². The first kappa shape index (κ1) is 23.0. The molecule has 11 heteroatoms. The summed E-state index contributed by atoms with van der Waals surface area (Å²) in [7, 11) is 6.19. The maximum Gasteiger partial charge on any atom is 0.350 e. The number of ether oxygens (including phenoxy) is 2. The molecule has 2 heterocycles. The number of anilines is 1. The van der Waals surface area contributed by atoms with Crippen LogP contribution >= 0.6 is 22.7 Å². The molecule has 0 saturated carbocycles. The zero-order valence-electron chi connectivity index (χ0n) is 15.6. The van der Waals surface area contributed by atoms with E-state index in [0.29, 0.717) is 32.9 Å². The molecule has 28 heavy (non-hydrogen) atoms. The van der Waals surface area contributed by atoms with Crippen LogP contribution in [0.5, 0.6) is 0 Å². The molecule has 2 rings (SSSR count). The highest BCUT2D eigenvalue weighted by atomic mass is 32.1. The Morgan fingerprint density at radius 2 is 1.50 bits per heavy atom. The molecule has 0 amide bonds. The molecule has 0 aliphatic rings. The van der Waals surface area contributed by atoms with Crippen LogP contribution in [0.4, 0.5) is 11.4 Å². The molecule has 0 atom stereocenters. The molecule has 0 bridgehead atoms. The number of aliphatic imine (C=N–C) groups is 1. The van der Waals surface area contributed by atoms with Gasteiger partial charge in [-0.25, -0.2) is 14.6 Å². The lowest BCUT2D eigenvalue weighted by Gasteiger charge is -2.02. The molecule has 0 aliphatic carbocycles. The van der Waals surface area contributed by atoms with Crippen molar-refractivity contribution < 1.29 is 28.7 Å². The Labute approximate surface area is 169 Å². The zero-order chi connectivity index (χ0) is 21.3. The first-order valence-corrected chi connectivity index (χ1v) is 9.21. The molecule has 150 valence electrons. The monoisotopic (exact) mass is 425 g/mol. The second kappa shape index (κ2) is 10.9. The summed E-state index contributed by atoms with van der Waals surface area (Å²) < 4.78 is 9.06. The van der Waals surface area contributed by atoms with E-state index in [1.807, 2.05) is 14.1 Å². The topological polar surface area (TPSA) is 128 Å². The highest BCUT2D eigenvalue weighted by molar-refractivity contribution is 7.16. The van der Waals surface area contributed by atoms with Crippen LogP contribution in [0, 0.1) is 0 Å². The number of methoxy groups -OCH3 is 2. The number of esters is 2. The predicted molar refractivity (Wildman–Crippen MR) is 108 cm³/mol. The van der Waals surface area contributed by atoms with E-state index >= 15 is 0 Å². The van der Waals surface area contributed by atoms with Crippen molar-refractivity contribution in [3.63, 3.8) is 0 Å². The van der Waals surface area contributed by atoms with Crippen LogP contribution in [-0.2, 0) is 9.47 Å². The van der Waals surface area contributed by atoms with E-state index in [1.54, 1.807) is 17.3 Å². The number of nitrogens with zero attached hydrogens (tertiary/aromatic N) is 2. The van der Waals surface area contributed by atoms with Crippen molar-refractivity contribution >= 4 is 64.9 Å². The number of nitrogen functional groups attached to an aromatic ring is 1. The Bertz CT molecular complexity index is 886. The Morgan fingerprint density at radius 3 is 1.96 bits per heavy atom. The van der Waals surface area contributed by atoms with E-state index in [9.17, 15) is 19.2 Å². The van der Waals surface area contributed by atoms with Crippen molar-refractivity contribution in [1.29, 1.82) is 0 Å². The largest absolute Gasteiger partial charge is 0.465 e. The predicted octanol–water partition coefficient (Wildman–Crippen LogP) is 2.50. The lowest BCUT2D eigenvalue weighted by molar-refractivity contribution is 0.0598. The molecule has 0 aromatic carbocycles. The van der Waals surface area contributed by atoms with Crippen LogP contribution in [0.2, 0.25) is 0 Å². The molecule has 2 N–H and O–H groups in total. The first-order valence-electron chi connectivity index (χ1n) is 7.58. The summed E-state index contributed by atoms with van der Waals surface area (Å²) in [5.41, 5.74) is 6.18. The van der Waals surface area contributed by atoms with Gasteiger partial charge in [0.1, 0.15) is 9.75 Å².